The monoisotopic (exact) mass is 592 g/mol. The number of halogens is 5. The normalized spacial score (nSPS) is 11.9. The van der Waals surface area contributed by atoms with Crippen molar-refractivity contribution < 1.29 is 27.5 Å². The first kappa shape index (κ1) is 29.2. The van der Waals surface area contributed by atoms with Gasteiger partial charge in [0.2, 0.25) is 5.91 Å². The van der Waals surface area contributed by atoms with E-state index in [0.29, 0.717) is 22.2 Å². The van der Waals surface area contributed by atoms with Gasteiger partial charge in [-0.15, -0.1) is 0 Å². The molecule has 0 spiro atoms. The number of hydrogen-bond acceptors (Lipinski definition) is 4. The average Bonchev–Trinajstić information content (AvgIpc) is 3.32. The number of anilines is 1. The number of carbonyl (C=O) groups is 2. The molecule has 0 saturated carbocycles. The number of rotatable bonds is 6. The second-order valence-corrected chi connectivity index (χ2v) is 10.7. The highest BCUT2D eigenvalue weighted by atomic mass is 35.5. The molecule has 40 heavy (non-hydrogen) atoms. The average molecular weight is 593 g/mol. The van der Waals surface area contributed by atoms with Gasteiger partial charge in [0, 0.05) is 17.3 Å². The van der Waals surface area contributed by atoms with Crippen molar-refractivity contribution in [3.05, 3.63) is 81.5 Å². The molecule has 1 heterocycles. The molecule has 0 radical (unpaired) electrons. The molecular formula is C28H25Cl2F3N4O3. The van der Waals surface area contributed by atoms with Crippen LogP contribution in [0.25, 0.3) is 16.6 Å². The Labute approximate surface area is 238 Å². The molecule has 4 rings (SSSR count). The van der Waals surface area contributed by atoms with Crippen LogP contribution in [0.5, 0.6) is 5.75 Å². The van der Waals surface area contributed by atoms with Crippen LogP contribution in [0.3, 0.4) is 0 Å². The quantitative estimate of drug-likeness (QED) is 0.246. The number of hydrogen-bond donors (Lipinski definition) is 2. The van der Waals surface area contributed by atoms with Gasteiger partial charge >= 0.3 is 6.18 Å². The first-order valence-corrected chi connectivity index (χ1v) is 12.8. The summed E-state index contributed by atoms with van der Waals surface area (Å²) in [7, 11) is 1.17. The van der Waals surface area contributed by atoms with Crippen LogP contribution in [-0.2, 0) is 17.5 Å². The van der Waals surface area contributed by atoms with Gasteiger partial charge < -0.3 is 15.4 Å². The van der Waals surface area contributed by atoms with Crippen LogP contribution >= 0.6 is 23.2 Å². The number of benzene rings is 3. The van der Waals surface area contributed by atoms with Gasteiger partial charge in [0.1, 0.15) is 5.75 Å². The number of ether oxygens (including phenoxy) is 1. The molecule has 3 aromatic carbocycles. The van der Waals surface area contributed by atoms with Crippen LogP contribution in [-0.4, -0.2) is 28.7 Å². The fraction of sp³-hybridized carbons (Fsp3) is 0.250. The van der Waals surface area contributed by atoms with E-state index in [1.54, 1.807) is 45.0 Å². The zero-order valence-electron chi connectivity index (χ0n) is 21.9. The Morgan fingerprint density at radius 1 is 1.05 bits per heavy atom. The fourth-order valence-corrected chi connectivity index (χ4v) is 4.59. The summed E-state index contributed by atoms with van der Waals surface area (Å²) in [6.07, 6.45) is -3.20. The summed E-state index contributed by atoms with van der Waals surface area (Å²) in [5.74, 6) is -1.11. The van der Waals surface area contributed by atoms with E-state index < -0.39 is 23.1 Å². The predicted octanol–water partition coefficient (Wildman–Crippen LogP) is 7.27. The number of carbonyl (C=O) groups excluding carboxylic acids is 2. The molecule has 7 nitrogen and oxygen atoms in total. The van der Waals surface area contributed by atoms with E-state index in [-0.39, 0.29) is 39.5 Å². The highest BCUT2D eigenvalue weighted by molar-refractivity contribution is 6.41. The van der Waals surface area contributed by atoms with E-state index in [2.05, 4.69) is 15.7 Å². The van der Waals surface area contributed by atoms with Gasteiger partial charge in [-0.1, -0.05) is 56.1 Å². The molecule has 12 heteroatoms. The lowest BCUT2D eigenvalue weighted by Gasteiger charge is -2.18. The van der Waals surface area contributed by atoms with Crippen LogP contribution in [0.2, 0.25) is 10.0 Å². The second-order valence-electron chi connectivity index (χ2n) is 9.96. The number of nitrogens with zero attached hydrogens (tertiary/aromatic N) is 2. The smallest absolute Gasteiger partial charge is 0.420 e. The van der Waals surface area contributed by atoms with E-state index in [1.165, 1.54) is 36.2 Å². The summed E-state index contributed by atoms with van der Waals surface area (Å²) >= 11 is 12.9. The van der Waals surface area contributed by atoms with E-state index in [1.807, 2.05) is 0 Å². The Hall–Kier alpha value is -3.76. The summed E-state index contributed by atoms with van der Waals surface area (Å²) < 4.78 is 46.9. The van der Waals surface area contributed by atoms with Crippen LogP contribution in [0.4, 0.5) is 18.9 Å². The number of nitrogens with one attached hydrogen (secondary N) is 2. The third kappa shape index (κ3) is 5.88. The minimum absolute atomic E-state index is 0.0141. The van der Waals surface area contributed by atoms with E-state index >= 15 is 0 Å². The van der Waals surface area contributed by atoms with Crippen LogP contribution in [0.15, 0.2) is 54.7 Å². The Bertz CT molecular complexity index is 1610. The maximum Gasteiger partial charge on any atom is 0.420 e. The lowest BCUT2D eigenvalue weighted by molar-refractivity contribution is -0.138. The molecule has 0 aliphatic heterocycles. The van der Waals surface area contributed by atoms with Crippen molar-refractivity contribution >= 4 is 51.6 Å². The highest BCUT2D eigenvalue weighted by Gasteiger charge is 2.35. The lowest BCUT2D eigenvalue weighted by atomic mass is 9.95. The van der Waals surface area contributed by atoms with Crippen LogP contribution in [0.1, 0.15) is 42.3 Å². The predicted molar refractivity (Wildman–Crippen MR) is 148 cm³/mol. The van der Waals surface area contributed by atoms with Gasteiger partial charge in [-0.2, -0.15) is 18.3 Å². The Morgan fingerprint density at radius 3 is 2.42 bits per heavy atom. The van der Waals surface area contributed by atoms with Gasteiger partial charge in [-0.25, -0.2) is 4.68 Å². The first-order chi connectivity index (χ1) is 18.7. The van der Waals surface area contributed by atoms with Gasteiger partial charge in [-0.05, 0) is 42.0 Å². The molecule has 210 valence electrons. The second kappa shape index (κ2) is 11.0. The molecule has 0 aliphatic carbocycles. The number of amides is 2. The maximum absolute atomic E-state index is 13.6. The summed E-state index contributed by atoms with van der Waals surface area (Å²) in [5.41, 5.74) is -0.0856. The topological polar surface area (TPSA) is 85.2 Å². The zero-order chi connectivity index (χ0) is 29.4. The number of alkyl halides is 3. The molecule has 0 fully saturated rings. The molecule has 2 N–H and O–H groups in total. The van der Waals surface area contributed by atoms with Crippen molar-refractivity contribution in [1.82, 2.24) is 15.1 Å². The Morgan fingerprint density at radius 2 is 1.77 bits per heavy atom. The lowest BCUT2D eigenvalue weighted by Crippen LogP contribution is -2.34. The highest BCUT2D eigenvalue weighted by Crippen LogP contribution is 2.38. The fourth-order valence-electron chi connectivity index (χ4n) is 3.98. The first-order valence-electron chi connectivity index (χ1n) is 12.0. The minimum Gasteiger partial charge on any atom is -0.496 e. The van der Waals surface area contributed by atoms with Crippen molar-refractivity contribution in [3.8, 4) is 11.4 Å². The summed E-state index contributed by atoms with van der Waals surface area (Å²) in [4.78, 5) is 25.6. The van der Waals surface area contributed by atoms with Crippen molar-refractivity contribution in [2.24, 2.45) is 5.41 Å². The third-order valence-electron chi connectivity index (χ3n) is 6.11. The van der Waals surface area contributed by atoms with Gasteiger partial charge in [0.15, 0.2) is 0 Å². The van der Waals surface area contributed by atoms with Crippen molar-refractivity contribution in [2.45, 2.75) is 33.5 Å². The number of aromatic nitrogens is 2. The number of fused-ring (bicyclic) bond motifs is 1. The van der Waals surface area contributed by atoms with E-state index in [9.17, 15) is 22.8 Å². The minimum atomic E-state index is -4.63. The van der Waals surface area contributed by atoms with Gasteiger partial charge in [0.05, 0.1) is 51.4 Å². The van der Waals surface area contributed by atoms with Gasteiger partial charge in [0.25, 0.3) is 5.91 Å². The molecule has 0 aliphatic rings. The molecule has 2 amide bonds. The number of methoxy groups -OCH3 is 1. The Kier molecular flexibility index (Phi) is 8.05. The maximum atomic E-state index is 13.6. The van der Waals surface area contributed by atoms with Crippen molar-refractivity contribution in [3.63, 3.8) is 0 Å². The van der Waals surface area contributed by atoms with E-state index in [0.717, 1.165) is 6.07 Å². The van der Waals surface area contributed by atoms with Crippen molar-refractivity contribution in [1.29, 1.82) is 0 Å². The standard InChI is InChI=1S/C28H25Cl2F3N4O3/c1-27(2,3)26(39)34-13-15-8-10-19(29)23(24(15)30)25(38)36-20-6-5-7-21-17(20)14-35-37(21)16-9-11-22(40-4)18(12-16)28(31,32)33/h5-12,14H,13H2,1-4H3,(H,34,39)(H,36,38). The van der Waals surface area contributed by atoms with Crippen LogP contribution < -0.4 is 15.4 Å². The summed E-state index contributed by atoms with van der Waals surface area (Å²) in [6, 6.07) is 11.7. The molecule has 0 unspecified atom stereocenters. The largest absolute Gasteiger partial charge is 0.496 e. The van der Waals surface area contributed by atoms with Crippen LogP contribution in [0, 0.1) is 5.41 Å². The molecule has 4 aromatic rings. The molecular weight excluding hydrogens is 568 g/mol. The molecule has 0 saturated heterocycles. The van der Waals surface area contributed by atoms with Crippen molar-refractivity contribution in [2.75, 3.05) is 12.4 Å². The molecule has 0 atom stereocenters. The SMILES string of the molecule is COc1ccc(-n2ncc3c(NC(=O)c4c(Cl)ccc(CNC(=O)C(C)(C)C)c4Cl)cccc32)cc1C(F)(F)F. The third-order valence-corrected chi connectivity index (χ3v) is 6.86. The van der Waals surface area contributed by atoms with Gasteiger partial charge in [-0.3, -0.25) is 9.59 Å². The Balaban J connectivity index is 1.66. The summed E-state index contributed by atoms with van der Waals surface area (Å²) in [5, 5.41) is 10.5. The molecule has 0 bridgehead atoms. The van der Waals surface area contributed by atoms with E-state index in [4.69, 9.17) is 27.9 Å². The molecule has 1 aromatic heterocycles. The summed E-state index contributed by atoms with van der Waals surface area (Å²) in [6.45, 7) is 5.42. The zero-order valence-corrected chi connectivity index (χ0v) is 23.4.